The van der Waals surface area contributed by atoms with Gasteiger partial charge in [-0.2, -0.15) is 0 Å². The van der Waals surface area contributed by atoms with Crippen LogP contribution in [0.15, 0.2) is 69.8 Å². The number of rotatable bonds is 9. The van der Waals surface area contributed by atoms with Crippen LogP contribution in [0.4, 0.5) is 5.69 Å². The number of aromatic hydroxyl groups is 1. The first-order chi connectivity index (χ1) is 19.4. The summed E-state index contributed by atoms with van der Waals surface area (Å²) in [4.78, 5) is 25.2. The summed E-state index contributed by atoms with van der Waals surface area (Å²) in [7, 11) is -3.47. The second-order valence-electron chi connectivity index (χ2n) is 8.76. The van der Waals surface area contributed by atoms with E-state index in [2.05, 4.69) is 25.7 Å². The van der Waals surface area contributed by atoms with Gasteiger partial charge in [-0.05, 0) is 34.9 Å². The zero-order chi connectivity index (χ0) is 29.7. The minimum absolute atomic E-state index is 0.0108. The van der Waals surface area contributed by atoms with Gasteiger partial charge in [0.15, 0.2) is 21.4 Å². The molecule has 212 valence electrons. The molecule has 0 aliphatic heterocycles. The molecule has 0 saturated carbocycles. The standard InChI is InChI=1S/C25H24N8O7S/c1-14(34)39-15(2)40-25(36)19-8-4-7-18-17(19)6-5-9-21(18)33-30-24(29-32-33)13-23(26)28-31-27-20-12-16(41(3,37)38)10-11-22(20)35/h4-12,15,35H,13H2,1-3H3,(H2,26,27,28)/p+2. The van der Waals surface area contributed by atoms with Gasteiger partial charge in [-0.25, -0.2) is 13.2 Å². The predicted octanol–water partition coefficient (Wildman–Crippen LogP) is -0.0471. The Labute approximate surface area is 233 Å². The van der Waals surface area contributed by atoms with Gasteiger partial charge < -0.3 is 14.6 Å². The van der Waals surface area contributed by atoms with Crippen LogP contribution < -0.4 is 10.8 Å². The predicted molar refractivity (Wildman–Crippen MR) is 142 cm³/mol. The highest BCUT2D eigenvalue weighted by molar-refractivity contribution is 7.90. The van der Waals surface area contributed by atoms with Gasteiger partial charge in [0.2, 0.25) is 12.0 Å². The first-order valence-electron chi connectivity index (χ1n) is 12.0. The summed E-state index contributed by atoms with van der Waals surface area (Å²) >= 11 is 0. The number of aromatic nitrogens is 4. The zero-order valence-corrected chi connectivity index (χ0v) is 22.9. The fraction of sp³-hybridized carbons (Fsp3) is 0.200. The summed E-state index contributed by atoms with van der Waals surface area (Å²) in [5.41, 5.74) is 2.10. The van der Waals surface area contributed by atoms with Crippen LogP contribution >= 0.6 is 0 Å². The molecule has 5 N–H and O–H groups in total. The van der Waals surface area contributed by atoms with Crippen LogP contribution in [-0.2, 0) is 30.5 Å². The molecule has 0 fully saturated rings. The number of carbonyl (C=O) groups is 2. The molecule has 0 saturated heterocycles. The summed E-state index contributed by atoms with van der Waals surface area (Å²) in [6.45, 7) is 2.66. The van der Waals surface area contributed by atoms with Crippen LogP contribution in [0.2, 0.25) is 0 Å². The normalized spacial score (nSPS) is 12.4. The lowest BCUT2D eigenvalue weighted by molar-refractivity contribution is -0.586. The Morgan fingerprint density at radius 3 is 2.59 bits per heavy atom. The molecule has 1 heterocycles. The van der Waals surface area contributed by atoms with E-state index in [1.165, 1.54) is 42.3 Å². The second-order valence-corrected chi connectivity index (χ2v) is 10.8. The lowest BCUT2D eigenvalue weighted by atomic mass is 10.0. The van der Waals surface area contributed by atoms with Crippen molar-refractivity contribution in [2.45, 2.75) is 31.5 Å². The van der Waals surface area contributed by atoms with Crippen molar-refractivity contribution in [1.82, 2.24) is 20.2 Å². The quantitative estimate of drug-likeness (QED) is 0.0275. The molecular weight excluding hydrogens is 556 g/mol. The van der Waals surface area contributed by atoms with Crippen molar-refractivity contribution in [2.24, 2.45) is 10.3 Å². The fourth-order valence-electron chi connectivity index (χ4n) is 3.76. The van der Waals surface area contributed by atoms with Crippen molar-refractivity contribution >= 4 is 44.1 Å². The molecule has 0 bridgehead atoms. The maximum atomic E-state index is 12.7. The third-order valence-corrected chi connectivity index (χ3v) is 6.65. The molecule has 4 rings (SSSR count). The topological polar surface area (TPSA) is 217 Å². The van der Waals surface area contributed by atoms with E-state index in [9.17, 15) is 23.1 Å². The van der Waals surface area contributed by atoms with E-state index in [1.54, 1.807) is 36.4 Å². The number of phenols is 1. The molecule has 1 unspecified atom stereocenters. The highest BCUT2D eigenvalue weighted by Crippen LogP contribution is 2.26. The van der Waals surface area contributed by atoms with E-state index >= 15 is 0 Å². The monoisotopic (exact) mass is 582 g/mol. The number of benzene rings is 3. The van der Waals surface area contributed by atoms with Crippen molar-refractivity contribution in [3.8, 4) is 11.4 Å². The van der Waals surface area contributed by atoms with Crippen molar-refractivity contribution in [3.05, 3.63) is 66.0 Å². The van der Waals surface area contributed by atoms with Gasteiger partial charge in [-0.1, -0.05) is 24.3 Å². The molecule has 16 heteroatoms. The lowest BCUT2D eigenvalue weighted by Crippen LogP contribution is -2.70. The maximum Gasteiger partial charge on any atom is 0.341 e. The van der Waals surface area contributed by atoms with Gasteiger partial charge in [0.1, 0.15) is 16.8 Å². The molecule has 4 aromatic rings. The van der Waals surface area contributed by atoms with Gasteiger partial charge in [-0.3, -0.25) is 10.2 Å². The number of carbonyl (C=O) groups excluding carboxylic acids is 2. The molecular formula is C25H26N8O7S+2. The largest absolute Gasteiger partial charge is 0.503 e. The summed E-state index contributed by atoms with van der Waals surface area (Å²) in [5.74, 6) is -1.16. The number of sulfone groups is 1. The van der Waals surface area contributed by atoms with Gasteiger partial charge in [0.05, 0.1) is 16.1 Å². The maximum absolute atomic E-state index is 12.7. The lowest BCUT2D eigenvalue weighted by Gasteiger charge is -2.14. The second kappa shape index (κ2) is 12.0. The first kappa shape index (κ1) is 28.9. The van der Waals surface area contributed by atoms with E-state index in [0.717, 1.165) is 6.26 Å². The van der Waals surface area contributed by atoms with E-state index in [-0.39, 0.29) is 40.0 Å². The number of nitrogens with two attached hydrogens (primary N) is 2. The molecule has 0 amide bonds. The minimum atomic E-state index is -3.47. The molecule has 3 aromatic carbocycles. The Balaban J connectivity index is 1.48. The van der Waals surface area contributed by atoms with Crippen LogP contribution in [-0.4, -0.2) is 64.1 Å². The van der Waals surface area contributed by atoms with Crippen molar-refractivity contribution in [2.75, 3.05) is 6.26 Å². The number of ether oxygens (including phenoxy) is 2. The summed E-state index contributed by atoms with van der Waals surface area (Å²) in [6.07, 6.45) is -0.0165. The molecule has 0 radical (unpaired) electrons. The van der Waals surface area contributed by atoms with Crippen molar-refractivity contribution in [1.29, 1.82) is 0 Å². The SMILES string of the molecule is CC(=O)OC(C)OC(=O)c1cccc2c(-n3nnc(CC(=[NH2+])N=N[NH2+]c4cc(S(C)(=O)=O)ccc4O)n3)cccc12. The fourth-order valence-corrected chi connectivity index (χ4v) is 4.42. The third kappa shape index (κ3) is 7.11. The summed E-state index contributed by atoms with van der Waals surface area (Å²) in [6, 6.07) is 14.0. The van der Waals surface area contributed by atoms with Crippen LogP contribution in [0.3, 0.4) is 0 Å². The third-order valence-electron chi connectivity index (χ3n) is 5.54. The highest BCUT2D eigenvalue weighted by Gasteiger charge is 2.20. The molecule has 1 aromatic heterocycles. The highest BCUT2D eigenvalue weighted by atomic mass is 32.2. The number of hydrogen-bond acceptors (Lipinski definition) is 11. The smallest absolute Gasteiger partial charge is 0.341 e. The first-order valence-corrected chi connectivity index (χ1v) is 13.9. The van der Waals surface area contributed by atoms with Gasteiger partial charge in [0, 0.05) is 31.6 Å². The number of fused-ring (bicyclic) bond motifs is 1. The van der Waals surface area contributed by atoms with Crippen LogP contribution in [0.25, 0.3) is 16.5 Å². The number of hydrogen-bond donors (Lipinski definition) is 3. The summed E-state index contributed by atoms with van der Waals surface area (Å²) in [5, 5.41) is 37.2. The zero-order valence-electron chi connectivity index (χ0n) is 22.1. The van der Waals surface area contributed by atoms with Crippen molar-refractivity contribution in [3.63, 3.8) is 0 Å². The molecule has 0 aliphatic carbocycles. The minimum Gasteiger partial charge on any atom is -0.503 e. The number of quaternary nitrogens is 1. The average molecular weight is 583 g/mol. The average Bonchev–Trinajstić information content (AvgIpc) is 3.35. The van der Waals surface area contributed by atoms with Gasteiger partial charge in [-0.15, -0.1) is 20.4 Å². The van der Waals surface area contributed by atoms with Crippen LogP contribution in [0.5, 0.6) is 5.75 Å². The van der Waals surface area contributed by atoms with E-state index in [4.69, 9.17) is 14.9 Å². The Hall–Kier alpha value is -5.09. The number of tetrazole rings is 1. The Morgan fingerprint density at radius 2 is 1.85 bits per heavy atom. The van der Waals surface area contributed by atoms with Crippen LogP contribution in [0, 0.1) is 0 Å². The van der Waals surface area contributed by atoms with E-state index in [0.29, 0.717) is 16.5 Å². The molecule has 0 spiro atoms. The molecule has 41 heavy (non-hydrogen) atoms. The van der Waals surface area contributed by atoms with Gasteiger partial charge >= 0.3 is 17.8 Å². The van der Waals surface area contributed by atoms with Gasteiger partial charge in [0.25, 0.3) is 0 Å². The number of nitrogens with zero attached hydrogens (tertiary/aromatic N) is 6. The number of phenolic OH excluding ortho intramolecular Hbond substituents is 1. The Kier molecular flexibility index (Phi) is 8.44. The number of esters is 2. The molecule has 1 atom stereocenters. The Bertz CT molecular complexity index is 1790. The Morgan fingerprint density at radius 1 is 1.12 bits per heavy atom. The van der Waals surface area contributed by atoms with Crippen molar-refractivity contribution < 1.29 is 43.4 Å². The molecule has 15 nitrogen and oxygen atoms in total. The van der Waals surface area contributed by atoms with E-state index < -0.39 is 28.1 Å². The van der Waals surface area contributed by atoms with E-state index in [1.807, 2.05) is 0 Å². The summed E-state index contributed by atoms with van der Waals surface area (Å²) < 4.78 is 33.6. The molecule has 0 aliphatic rings. The number of amidine groups is 1. The van der Waals surface area contributed by atoms with Crippen LogP contribution in [0.1, 0.15) is 30.0 Å².